The van der Waals surface area contributed by atoms with Crippen LogP contribution in [0.1, 0.15) is 39.3 Å². The Morgan fingerprint density at radius 3 is 1.75 bits per heavy atom. The maximum absolute atomic E-state index is 12.7. The number of hydrogen-bond donors (Lipinski definition) is 1. The van der Waals surface area contributed by atoms with Crippen molar-refractivity contribution in [1.29, 1.82) is 0 Å². The van der Waals surface area contributed by atoms with E-state index in [1.165, 1.54) is 21.5 Å². The molecule has 0 unspecified atom stereocenters. The zero-order valence-electron chi connectivity index (χ0n) is 16.9. The quantitative estimate of drug-likeness (QED) is 0.594. The fourth-order valence-electron chi connectivity index (χ4n) is 3.04. The first-order valence-corrected chi connectivity index (χ1v) is 12.0. The van der Waals surface area contributed by atoms with Crippen LogP contribution < -0.4 is 20.6 Å². The molecule has 0 spiro atoms. The Labute approximate surface area is 172 Å². The first kappa shape index (κ1) is 20.9. The van der Waals surface area contributed by atoms with Crippen molar-refractivity contribution in [3.05, 3.63) is 90.5 Å². The molecule has 0 fully saturated rings. The summed E-state index contributed by atoms with van der Waals surface area (Å²) in [5.41, 5.74) is 1.21. The van der Waals surface area contributed by atoms with E-state index in [0.717, 1.165) is 0 Å². The molecule has 0 aliphatic heterocycles. The summed E-state index contributed by atoms with van der Waals surface area (Å²) < 4.78 is 15.7. The molecule has 146 valence electrons. The molecule has 3 aromatic carbocycles. The van der Waals surface area contributed by atoms with E-state index in [1.54, 1.807) is 0 Å². The Morgan fingerprint density at radius 2 is 1.25 bits per heavy atom. The summed E-state index contributed by atoms with van der Waals surface area (Å²) in [6.07, 6.45) is 0. The van der Waals surface area contributed by atoms with Gasteiger partial charge >= 0.3 is 0 Å². The van der Waals surface area contributed by atoms with E-state index in [0.29, 0.717) is 0 Å². The van der Waals surface area contributed by atoms with Crippen molar-refractivity contribution in [2.45, 2.75) is 38.5 Å². The molecular weight excluding hydrogens is 381 g/mol. The fourth-order valence-corrected chi connectivity index (χ4v) is 6.40. The second kappa shape index (κ2) is 9.13. The van der Waals surface area contributed by atoms with Crippen LogP contribution in [0.5, 0.6) is 0 Å². The summed E-state index contributed by atoms with van der Waals surface area (Å²) in [6.45, 7) is 8.09. The van der Waals surface area contributed by atoms with Gasteiger partial charge in [0.2, 0.25) is 0 Å². The van der Waals surface area contributed by atoms with Crippen molar-refractivity contribution >= 4 is 34.8 Å². The Hall–Kier alpha value is -1.80. The van der Waals surface area contributed by atoms with Crippen LogP contribution in [0.25, 0.3) is 0 Å². The second-order valence-electron chi connectivity index (χ2n) is 7.79. The number of rotatable bonds is 6. The highest BCUT2D eigenvalue weighted by Gasteiger charge is 2.25. The highest BCUT2D eigenvalue weighted by atomic mass is 32.2. The van der Waals surface area contributed by atoms with Crippen LogP contribution >= 0.6 is 7.92 Å². The monoisotopic (exact) mass is 409 g/mol. The lowest BCUT2D eigenvalue weighted by Gasteiger charge is -2.27. The van der Waals surface area contributed by atoms with Crippen molar-refractivity contribution in [1.82, 2.24) is 4.72 Å². The Balaban J connectivity index is 2.06. The van der Waals surface area contributed by atoms with Gasteiger partial charge in [0.25, 0.3) is 0 Å². The average Bonchev–Trinajstić information content (AvgIpc) is 2.69. The molecule has 0 saturated heterocycles. The largest absolute Gasteiger partial charge is 0.242 e. The molecule has 0 saturated carbocycles. The molecule has 0 heterocycles. The molecule has 2 atom stereocenters. The van der Waals surface area contributed by atoms with Gasteiger partial charge in [0.05, 0.1) is 15.7 Å². The summed E-state index contributed by atoms with van der Waals surface area (Å²) in [6, 6.07) is 29.9. The Bertz CT molecular complexity index is 883. The molecule has 0 radical (unpaired) electrons. The predicted octanol–water partition coefficient (Wildman–Crippen LogP) is 4.56. The highest BCUT2D eigenvalue weighted by Crippen LogP contribution is 2.35. The molecule has 2 nitrogen and oxygen atoms in total. The van der Waals surface area contributed by atoms with Gasteiger partial charge in [-0.2, -0.15) is 0 Å². The van der Waals surface area contributed by atoms with Crippen LogP contribution in [0.15, 0.2) is 84.9 Å². The summed E-state index contributed by atoms with van der Waals surface area (Å²) in [7, 11) is -1.81. The first-order valence-electron chi connectivity index (χ1n) is 9.55. The van der Waals surface area contributed by atoms with Crippen molar-refractivity contribution in [3.63, 3.8) is 0 Å². The lowest BCUT2D eigenvalue weighted by atomic mass is 10.1. The van der Waals surface area contributed by atoms with E-state index in [4.69, 9.17) is 0 Å². The Kier molecular flexibility index (Phi) is 6.82. The minimum atomic E-state index is -1.12. The smallest absolute Gasteiger partial charge is 0.0975 e. The molecule has 0 aliphatic rings. The summed E-state index contributed by atoms with van der Waals surface area (Å²) in [4.78, 5) is 0. The summed E-state index contributed by atoms with van der Waals surface area (Å²) in [5.74, 6) is 0. The van der Waals surface area contributed by atoms with Gasteiger partial charge < -0.3 is 0 Å². The van der Waals surface area contributed by atoms with E-state index in [-0.39, 0.29) is 10.8 Å². The van der Waals surface area contributed by atoms with E-state index < -0.39 is 18.9 Å². The topological polar surface area (TPSA) is 29.1 Å². The third-order valence-corrected chi connectivity index (χ3v) is 8.71. The SMILES string of the molecule is C[C@@H](N[S@](=O)C(C)(C)C)c1ccccc1P(c1ccccc1)c1ccccc1. The van der Waals surface area contributed by atoms with Crippen molar-refractivity contribution in [2.75, 3.05) is 0 Å². The number of nitrogens with one attached hydrogen (secondary N) is 1. The number of hydrogen-bond acceptors (Lipinski definition) is 1. The molecule has 4 heteroatoms. The van der Waals surface area contributed by atoms with Gasteiger partial charge in [-0.15, -0.1) is 0 Å². The third kappa shape index (κ3) is 4.97. The zero-order valence-corrected chi connectivity index (χ0v) is 18.6. The fraction of sp³-hybridized carbons (Fsp3) is 0.250. The summed E-state index contributed by atoms with van der Waals surface area (Å²) >= 11 is 0. The molecule has 0 aliphatic carbocycles. The van der Waals surface area contributed by atoms with Crippen molar-refractivity contribution in [2.24, 2.45) is 0 Å². The molecule has 1 N–H and O–H groups in total. The summed E-state index contributed by atoms with van der Waals surface area (Å²) in [5, 5.41) is 3.95. The lowest BCUT2D eigenvalue weighted by Crippen LogP contribution is -2.36. The van der Waals surface area contributed by atoms with Gasteiger partial charge in [-0.25, -0.2) is 8.93 Å². The van der Waals surface area contributed by atoms with Gasteiger partial charge in [-0.05, 0) is 57.1 Å². The molecule has 0 bridgehead atoms. The van der Waals surface area contributed by atoms with Crippen molar-refractivity contribution in [3.8, 4) is 0 Å². The average molecular weight is 410 g/mol. The van der Waals surface area contributed by atoms with Gasteiger partial charge in [-0.1, -0.05) is 84.9 Å². The standard InChI is InChI=1S/C24H28NOPS/c1-19(25-28(26)24(2,3)4)22-17-11-12-18-23(22)27(20-13-7-5-8-14-20)21-15-9-6-10-16-21/h5-19,25H,1-4H3/t19-,28-/m1/s1. The van der Waals surface area contributed by atoms with E-state index >= 15 is 0 Å². The third-order valence-electron chi connectivity index (χ3n) is 4.51. The lowest BCUT2D eigenvalue weighted by molar-refractivity contribution is 0.617. The van der Waals surface area contributed by atoms with Gasteiger partial charge in [0.15, 0.2) is 0 Å². The van der Waals surface area contributed by atoms with E-state index in [1.807, 2.05) is 20.8 Å². The van der Waals surface area contributed by atoms with Gasteiger partial charge in [-0.3, -0.25) is 0 Å². The predicted molar refractivity (Wildman–Crippen MR) is 125 cm³/mol. The minimum absolute atomic E-state index is 0.00585. The molecule has 0 amide bonds. The normalized spacial score (nSPS) is 14.0. The minimum Gasteiger partial charge on any atom is -0.242 e. The van der Waals surface area contributed by atoms with Crippen LogP contribution in [-0.2, 0) is 11.0 Å². The van der Waals surface area contributed by atoms with Crippen LogP contribution in [0.4, 0.5) is 0 Å². The van der Waals surface area contributed by atoms with Crippen LogP contribution in [-0.4, -0.2) is 8.96 Å². The molecular formula is C24H28NOPS. The highest BCUT2D eigenvalue weighted by molar-refractivity contribution is 7.84. The first-order chi connectivity index (χ1) is 13.4. The van der Waals surface area contributed by atoms with E-state index in [2.05, 4.69) is 96.6 Å². The van der Waals surface area contributed by atoms with E-state index in [9.17, 15) is 4.21 Å². The van der Waals surface area contributed by atoms with Gasteiger partial charge in [0, 0.05) is 6.04 Å². The van der Waals surface area contributed by atoms with Crippen LogP contribution in [0.3, 0.4) is 0 Å². The second-order valence-corrected chi connectivity index (χ2v) is 12.0. The number of benzene rings is 3. The van der Waals surface area contributed by atoms with Crippen molar-refractivity contribution < 1.29 is 4.21 Å². The Morgan fingerprint density at radius 1 is 0.786 bits per heavy atom. The molecule has 3 aromatic rings. The molecule has 3 rings (SSSR count). The van der Waals surface area contributed by atoms with Crippen LogP contribution in [0.2, 0.25) is 0 Å². The zero-order chi connectivity index (χ0) is 20.1. The van der Waals surface area contributed by atoms with Gasteiger partial charge in [0.1, 0.15) is 0 Å². The molecule has 28 heavy (non-hydrogen) atoms. The maximum atomic E-state index is 12.7. The maximum Gasteiger partial charge on any atom is 0.0975 e. The van der Waals surface area contributed by atoms with Crippen LogP contribution in [0, 0.1) is 0 Å². The molecule has 0 aromatic heterocycles.